The average Bonchev–Trinajstić information content (AvgIpc) is 2.54. The molecule has 1 aromatic rings. The molecule has 4 N–H and O–H groups in total. The van der Waals surface area contributed by atoms with Gasteiger partial charge in [0.05, 0.1) is 12.2 Å². The minimum absolute atomic E-state index is 0.244. The minimum Gasteiger partial charge on any atom is -0.444 e. The highest BCUT2D eigenvalue weighted by Gasteiger charge is 2.18. The van der Waals surface area contributed by atoms with E-state index in [1.165, 1.54) is 0 Å². The number of amides is 1. The lowest BCUT2D eigenvalue weighted by Gasteiger charge is -2.19. The Morgan fingerprint density at radius 2 is 2.11 bits per heavy atom. The molecule has 1 aromatic heterocycles. The molecule has 6 heteroatoms. The van der Waals surface area contributed by atoms with E-state index in [-0.39, 0.29) is 5.92 Å². The minimum atomic E-state index is -0.507. The molecular formula is C12H22N4O2. The number of carbonyl (C=O) groups is 1. The van der Waals surface area contributed by atoms with Crippen LogP contribution in [0.15, 0.2) is 0 Å². The maximum Gasteiger partial charge on any atom is 0.407 e. The molecule has 1 amide bonds. The molecule has 0 aliphatic rings. The fourth-order valence-electron chi connectivity index (χ4n) is 1.53. The fraction of sp³-hybridized carbons (Fsp3) is 0.667. The smallest absolute Gasteiger partial charge is 0.407 e. The maximum absolute atomic E-state index is 11.5. The number of hydrogen-bond donors (Lipinski definition) is 3. The monoisotopic (exact) mass is 254 g/mol. The quantitative estimate of drug-likeness (QED) is 0.770. The van der Waals surface area contributed by atoms with Gasteiger partial charge in [0.1, 0.15) is 11.4 Å². The van der Waals surface area contributed by atoms with Gasteiger partial charge < -0.3 is 15.8 Å². The van der Waals surface area contributed by atoms with Crippen molar-refractivity contribution in [3.8, 4) is 0 Å². The number of nitrogens with two attached hydrogens (primary N) is 1. The van der Waals surface area contributed by atoms with Crippen molar-refractivity contribution in [2.45, 2.75) is 52.7 Å². The lowest BCUT2D eigenvalue weighted by atomic mass is 10.1. The average molecular weight is 254 g/mol. The van der Waals surface area contributed by atoms with Crippen LogP contribution in [0, 0.1) is 0 Å². The van der Waals surface area contributed by atoms with Crippen LogP contribution in [-0.4, -0.2) is 21.9 Å². The van der Waals surface area contributed by atoms with Crippen LogP contribution in [0.3, 0.4) is 0 Å². The zero-order chi connectivity index (χ0) is 13.9. The Morgan fingerprint density at radius 1 is 1.50 bits per heavy atom. The Hall–Kier alpha value is -1.72. The lowest BCUT2D eigenvalue weighted by molar-refractivity contribution is 0.0523. The molecule has 0 saturated carbocycles. The van der Waals surface area contributed by atoms with Crippen molar-refractivity contribution in [1.82, 2.24) is 15.5 Å². The zero-order valence-corrected chi connectivity index (χ0v) is 11.6. The Morgan fingerprint density at radius 3 is 2.61 bits per heavy atom. The number of nitrogen functional groups attached to an aromatic ring is 1. The van der Waals surface area contributed by atoms with Gasteiger partial charge in [0.2, 0.25) is 0 Å². The topological polar surface area (TPSA) is 93.0 Å². The van der Waals surface area contributed by atoms with Gasteiger partial charge in [-0.1, -0.05) is 13.8 Å². The summed E-state index contributed by atoms with van der Waals surface area (Å²) in [5.74, 6) is 0.726. The summed E-state index contributed by atoms with van der Waals surface area (Å²) in [5, 5.41) is 9.53. The van der Waals surface area contributed by atoms with E-state index in [1.54, 1.807) is 0 Å². The van der Waals surface area contributed by atoms with Crippen LogP contribution in [0.5, 0.6) is 0 Å². The van der Waals surface area contributed by atoms with Crippen molar-refractivity contribution in [2.24, 2.45) is 0 Å². The standard InChI is InChI=1S/C12H22N4O2/c1-7(2)9-8(10(13)16-15-9)6-14-11(17)18-12(3,4)5/h7H,6H2,1-5H3,(H,14,17)(H3,13,15,16). The number of carbonyl (C=O) groups excluding carboxylic acids is 1. The number of aromatic nitrogens is 2. The van der Waals surface area contributed by atoms with Crippen LogP contribution in [0.4, 0.5) is 10.6 Å². The van der Waals surface area contributed by atoms with E-state index in [2.05, 4.69) is 15.5 Å². The summed E-state index contributed by atoms with van der Waals surface area (Å²) in [4.78, 5) is 11.5. The number of aromatic amines is 1. The van der Waals surface area contributed by atoms with E-state index in [1.807, 2.05) is 34.6 Å². The van der Waals surface area contributed by atoms with Crippen molar-refractivity contribution < 1.29 is 9.53 Å². The lowest BCUT2D eigenvalue weighted by Crippen LogP contribution is -2.32. The summed E-state index contributed by atoms with van der Waals surface area (Å²) in [7, 11) is 0. The number of nitrogens with one attached hydrogen (secondary N) is 2. The van der Waals surface area contributed by atoms with Crippen molar-refractivity contribution in [1.29, 1.82) is 0 Å². The molecule has 0 aliphatic heterocycles. The molecule has 0 fully saturated rings. The number of nitrogens with zero attached hydrogens (tertiary/aromatic N) is 1. The van der Waals surface area contributed by atoms with Crippen molar-refractivity contribution >= 4 is 11.9 Å². The summed E-state index contributed by atoms with van der Waals surface area (Å²) in [6.45, 7) is 9.80. The number of ether oxygens (including phenoxy) is 1. The fourth-order valence-corrected chi connectivity index (χ4v) is 1.53. The molecule has 1 rings (SSSR count). The van der Waals surface area contributed by atoms with E-state index in [9.17, 15) is 4.79 Å². The molecule has 1 heterocycles. The van der Waals surface area contributed by atoms with Crippen LogP contribution in [0.1, 0.15) is 51.8 Å². The summed E-state index contributed by atoms with van der Waals surface area (Å²) < 4.78 is 5.15. The normalized spacial score (nSPS) is 11.7. The first-order chi connectivity index (χ1) is 8.20. The summed E-state index contributed by atoms with van der Waals surface area (Å²) in [5.41, 5.74) is 6.96. The van der Waals surface area contributed by atoms with Crippen molar-refractivity contribution in [3.05, 3.63) is 11.3 Å². The van der Waals surface area contributed by atoms with Crippen LogP contribution in [-0.2, 0) is 11.3 Å². The first-order valence-corrected chi connectivity index (χ1v) is 6.00. The first-order valence-electron chi connectivity index (χ1n) is 6.00. The number of anilines is 1. The predicted octanol–water partition coefficient (Wildman–Crippen LogP) is 2.14. The molecule has 0 radical (unpaired) electrons. The van der Waals surface area contributed by atoms with Gasteiger partial charge in [-0.3, -0.25) is 5.10 Å². The maximum atomic E-state index is 11.5. The highest BCUT2D eigenvalue weighted by Crippen LogP contribution is 2.21. The van der Waals surface area contributed by atoms with Gasteiger partial charge in [0, 0.05) is 5.56 Å². The molecule has 0 saturated heterocycles. The van der Waals surface area contributed by atoms with Gasteiger partial charge in [0.15, 0.2) is 0 Å². The second-order valence-electron chi connectivity index (χ2n) is 5.51. The zero-order valence-electron chi connectivity index (χ0n) is 11.6. The van der Waals surface area contributed by atoms with Gasteiger partial charge in [-0.2, -0.15) is 5.10 Å². The van der Waals surface area contributed by atoms with Crippen molar-refractivity contribution in [3.63, 3.8) is 0 Å². The second kappa shape index (κ2) is 5.29. The largest absolute Gasteiger partial charge is 0.444 e. The third kappa shape index (κ3) is 3.94. The van der Waals surface area contributed by atoms with Gasteiger partial charge in [0.25, 0.3) is 0 Å². The molecule has 6 nitrogen and oxygen atoms in total. The van der Waals surface area contributed by atoms with Gasteiger partial charge >= 0.3 is 6.09 Å². The second-order valence-corrected chi connectivity index (χ2v) is 5.51. The predicted molar refractivity (Wildman–Crippen MR) is 70.2 cm³/mol. The Bertz CT molecular complexity index is 418. The van der Waals surface area contributed by atoms with Crippen LogP contribution >= 0.6 is 0 Å². The molecule has 0 aliphatic carbocycles. The first kappa shape index (κ1) is 14.3. The Balaban J connectivity index is 2.64. The molecule has 0 unspecified atom stereocenters. The van der Waals surface area contributed by atoms with E-state index in [0.717, 1.165) is 11.3 Å². The highest BCUT2D eigenvalue weighted by molar-refractivity contribution is 5.68. The van der Waals surface area contributed by atoms with Crippen LogP contribution in [0.25, 0.3) is 0 Å². The van der Waals surface area contributed by atoms with Crippen LogP contribution in [0.2, 0.25) is 0 Å². The summed E-state index contributed by atoms with van der Waals surface area (Å²) in [6, 6.07) is 0. The molecule has 0 spiro atoms. The molecule has 18 heavy (non-hydrogen) atoms. The van der Waals surface area contributed by atoms with E-state index >= 15 is 0 Å². The summed E-state index contributed by atoms with van der Waals surface area (Å²) in [6.07, 6.45) is -0.460. The molecule has 0 atom stereocenters. The molecular weight excluding hydrogens is 232 g/mol. The van der Waals surface area contributed by atoms with Gasteiger partial charge in [-0.05, 0) is 26.7 Å². The number of hydrogen-bond acceptors (Lipinski definition) is 4. The van der Waals surface area contributed by atoms with Gasteiger partial charge in [-0.15, -0.1) is 0 Å². The molecule has 102 valence electrons. The number of rotatable bonds is 3. The van der Waals surface area contributed by atoms with E-state index in [4.69, 9.17) is 10.5 Å². The number of H-pyrrole nitrogens is 1. The van der Waals surface area contributed by atoms with Crippen LogP contribution < -0.4 is 11.1 Å². The molecule has 0 bridgehead atoms. The Labute approximate surface area is 107 Å². The summed E-state index contributed by atoms with van der Waals surface area (Å²) >= 11 is 0. The van der Waals surface area contributed by atoms with E-state index in [0.29, 0.717) is 12.4 Å². The highest BCUT2D eigenvalue weighted by atomic mass is 16.6. The van der Waals surface area contributed by atoms with E-state index < -0.39 is 11.7 Å². The van der Waals surface area contributed by atoms with Crippen molar-refractivity contribution in [2.75, 3.05) is 5.73 Å². The number of alkyl carbamates (subject to hydrolysis) is 1. The third-order valence-corrected chi connectivity index (χ3v) is 2.29. The third-order valence-electron chi connectivity index (χ3n) is 2.29. The molecule has 0 aromatic carbocycles. The SMILES string of the molecule is CC(C)c1n[nH]c(N)c1CNC(=O)OC(C)(C)C. The van der Waals surface area contributed by atoms with Gasteiger partial charge in [-0.25, -0.2) is 4.79 Å². The Kier molecular flexibility index (Phi) is 4.21.